The average molecular weight is 316 g/mol. The van der Waals surface area contributed by atoms with E-state index in [0.717, 1.165) is 11.3 Å². The van der Waals surface area contributed by atoms with Crippen LogP contribution in [-0.2, 0) is 10.0 Å². The van der Waals surface area contributed by atoms with Gasteiger partial charge in [0.2, 0.25) is 0 Å². The third kappa shape index (κ3) is 2.69. The number of furan rings is 1. The first kappa shape index (κ1) is 14.6. The third-order valence-corrected chi connectivity index (χ3v) is 4.64. The third-order valence-electron chi connectivity index (χ3n) is 3.49. The zero-order valence-corrected chi connectivity index (χ0v) is 13.0. The number of allylic oxidation sites excluding steroid dienone is 4. The molecule has 2 aliphatic rings. The molecule has 0 radical (unpaired) electrons. The zero-order chi connectivity index (χ0) is 15.7. The van der Waals surface area contributed by atoms with Crippen molar-refractivity contribution in [3.8, 4) is 0 Å². The molecule has 5 nitrogen and oxygen atoms in total. The molecule has 0 aromatic carbocycles. The van der Waals surface area contributed by atoms with Gasteiger partial charge < -0.3 is 9.32 Å². The van der Waals surface area contributed by atoms with Crippen molar-refractivity contribution in [2.75, 3.05) is 12.3 Å². The summed E-state index contributed by atoms with van der Waals surface area (Å²) in [5.41, 5.74) is 1.60. The highest BCUT2D eigenvalue weighted by atomic mass is 32.2. The predicted molar refractivity (Wildman–Crippen MR) is 87.7 cm³/mol. The lowest BCUT2D eigenvalue weighted by Gasteiger charge is -2.28. The van der Waals surface area contributed by atoms with Crippen LogP contribution in [0.15, 0.2) is 52.0 Å². The Morgan fingerprint density at radius 1 is 1.45 bits per heavy atom. The first-order valence-corrected chi connectivity index (χ1v) is 8.49. The highest BCUT2D eigenvalue weighted by Gasteiger charge is 2.28. The van der Waals surface area contributed by atoms with Crippen molar-refractivity contribution >= 4 is 27.5 Å². The van der Waals surface area contributed by atoms with E-state index in [1.807, 2.05) is 48.4 Å². The average Bonchev–Trinajstić information content (AvgIpc) is 2.84. The van der Waals surface area contributed by atoms with E-state index in [2.05, 4.69) is 11.0 Å². The zero-order valence-electron chi connectivity index (χ0n) is 12.2. The first-order chi connectivity index (χ1) is 10.5. The van der Waals surface area contributed by atoms with Crippen molar-refractivity contribution in [1.82, 2.24) is 4.90 Å². The molecule has 0 aliphatic carbocycles. The molecule has 6 heteroatoms. The lowest BCUT2D eigenvalue weighted by Crippen LogP contribution is -2.37. The van der Waals surface area contributed by atoms with Gasteiger partial charge in [-0.3, -0.25) is 0 Å². The van der Waals surface area contributed by atoms with Crippen LogP contribution < -0.4 is 0 Å². The number of amidine groups is 1. The van der Waals surface area contributed by atoms with Crippen molar-refractivity contribution in [2.45, 2.75) is 6.92 Å². The fraction of sp³-hybridized carbons (Fsp3) is 0.188. The molecule has 0 unspecified atom stereocenters. The smallest absolute Gasteiger partial charge is 0.256 e. The minimum Gasteiger partial charge on any atom is -0.461 e. The van der Waals surface area contributed by atoms with Gasteiger partial charge in [-0.15, -0.1) is 4.40 Å². The second-order valence-electron chi connectivity index (χ2n) is 5.03. The Morgan fingerprint density at radius 3 is 3.05 bits per heavy atom. The van der Waals surface area contributed by atoms with Gasteiger partial charge in [-0.1, -0.05) is 24.8 Å². The maximum Gasteiger partial charge on any atom is 0.256 e. The number of nitrogens with zero attached hydrogens (tertiary/aromatic N) is 2. The molecule has 1 aromatic rings. The number of rotatable bonds is 3. The molecule has 0 N–H and O–H groups in total. The van der Waals surface area contributed by atoms with Gasteiger partial charge in [0.15, 0.2) is 5.84 Å². The molecule has 0 amide bonds. The minimum absolute atomic E-state index is 0.0264. The summed E-state index contributed by atoms with van der Waals surface area (Å²) in [6.45, 7) is 5.91. The molecule has 3 rings (SSSR count). The molecule has 3 heterocycles. The summed E-state index contributed by atoms with van der Waals surface area (Å²) in [6, 6.07) is 1.88. The topological polar surface area (TPSA) is 62.9 Å². The Kier molecular flexibility index (Phi) is 3.62. The molecule has 1 aromatic heterocycles. The Balaban J connectivity index is 2.06. The SMILES string of the molecule is C=C/C=C\c1cc(C2=CC=CN3CCS(=O)(=O)N=C23)oc1C. The molecular weight excluding hydrogens is 300 g/mol. The normalized spacial score (nSPS) is 19.8. The van der Waals surface area contributed by atoms with E-state index in [1.165, 1.54) is 0 Å². The number of hydrogen-bond acceptors (Lipinski definition) is 4. The summed E-state index contributed by atoms with van der Waals surface area (Å²) in [7, 11) is -3.41. The van der Waals surface area contributed by atoms with E-state index in [1.54, 1.807) is 6.08 Å². The van der Waals surface area contributed by atoms with Gasteiger partial charge in [-0.2, -0.15) is 0 Å². The fourth-order valence-corrected chi connectivity index (χ4v) is 3.36. The van der Waals surface area contributed by atoms with Crippen molar-refractivity contribution in [3.05, 3.63) is 60.2 Å². The lowest BCUT2D eigenvalue weighted by atomic mass is 10.1. The van der Waals surface area contributed by atoms with Gasteiger partial charge >= 0.3 is 0 Å². The molecule has 0 saturated heterocycles. The number of aryl methyl sites for hydroxylation is 1. The van der Waals surface area contributed by atoms with Crippen molar-refractivity contribution in [3.63, 3.8) is 0 Å². The lowest BCUT2D eigenvalue weighted by molar-refractivity contribution is 0.517. The second-order valence-corrected chi connectivity index (χ2v) is 6.79. The van der Waals surface area contributed by atoms with E-state index >= 15 is 0 Å². The molecule has 22 heavy (non-hydrogen) atoms. The number of fused-ring (bicyclic) bond motifs is 1. The van der Waals surface area contributed by atoms with E-state index in [9.17, 15) is 8.42 Å². The molecule has 0 bridgehead atoms. The molecule has 0 fully saturated rings. The van der Waals surface area contributed by atoms with Gasteiger partial charge in [-0.25, -0.2) is 8.42 Å². The van der Waals surface area contributed by atoms with Crippen LogP contribution in [0.5, 0.6) is 0 Å². The van der Waals surface area contributed by atoms with Gasteiger partial charge in [0.05, 0.1) is 11.3 Å². The summed E-state index contributed by atoms with van der Waals surface area (Å²) in [5.74, 6) is 1.81. The molecule has 114 valence electrons. The Labute approximate surface area is 129 Å². The maximum absolute atomic E-state index is 11.8. The molecule has 2 aliphatic heterocycles. The van der Waals surface area contributed by atoms with Gasteiger partial charge in [0.25, 0.3) is 10.0 Å². The summed E-state index contributed by atoms with van der Waals surface area (Å²) in [6.07, 6.45) is 10.9. The summed E-state index contributed by atoms with van der Waals surface area (Å²) in [4.78, 5) is 1.83. The van der Waals surface area contributed by atoms with Gasteiger partial charge in [0.1, 0.15) is 11.5 Å². The van der Waals surface area contributed by atoms with Crippen LogP contribution in [0.4, 0.5) is 0 Å². The number of hydrogen-bond donors (Lipinski definition) is 0. The first-order valence-electron chi connectivity index (χ1n) is 6.88. The number of sulfonamides is 1. The van der Waals surface area contributed by atoms with E-state index in [-0.39, 0.29) is 5.75 Å². The van der Waals surface area contributed by atoms with E-state index in [4.69, 9.17) is 4.42 Å². The van der Waals surface area contributed by atoms with E-state index < -0.39 is 10.0 Å². The van der Waals surface area contributed by atoms with E-state index in [0.29, 0.717) is 23.7 Å². The summed E-state index contributed by atoms with van der Waals surface area (Å²) in [5, 5.41) is 0. The van der Waals surface area contributed by atoms with Crippen LogP contribution in [-0.4, -0.2) is 31.5 Å². The highest BCUT2D eigenvalue weighted by Crippen LogP contribution is 2.29. The molecular formula is C16H16N2O3S. The summed E-state index contributed by atoms with van der Waals surface area (Å²) >= 11 is 0. The Hall–Kier alpha value is -2.34. The van der Waals surface area contributed by atoms with Crippen LogP contribution in [0, 0.1) is 6.92 Å². The minimum atomic E-state index is -3.41. The predicted octanol–water partition coefficient (Wildman–Crippen LogP) is 2.74. The quantitative estimate of drug-likeness (QED) is 0.804. The molecule has 0 atom stereocenters. The van der Waals surface area contributed by atoms with Crippen LogP contribution in [0.1, 0.15) is 17.1 Å². The standard InChI is InChI=1S/C16H16N2O3S/c1-3-4-6-13-11-15(21-12(13)2)14-7-5-8-18-9-10-22(19,20)17-16(14)18/h3-8,11H,1,9-10H2,2H3/b6-4-. The van der Waals surface area contributed by atoms with Crippen LogP contribution in [0.3, 0.4) is 0 Å². The van der Waals surface area contributed by atoms with Gasteiger partial charge in [-0.05, 0) is 25.1 Å². The largest absolute Gasteiger partial charge is 0.461 e. The van der Waals surface area contributed by atoms with Crippen LogP contribution in [0.25, 0.3) is 11.6 Å². The highest BCUT2D eigenvalue weighted by molar-refractivity contribution is 7.90. The second kappa shape index (κ2) is 5.46. The van der Waals surface area contributed by atoms with Crippen molar-refractivity contribution < 1.29 is 12.8 Å². The van der Waals surface area contributed by atoms with Crippen molar-refractivity contribution in [1.29, 1.82) is 0 Å². The van der Waals surface area contributed by atoms with Crippen molar-refractivity contribution in [2.24, 2.45) is 4.40 Å². The van der Waals surface area contributed by atoms with Crippen LogP contribution in [0.2, 0.25) is 0 Å². The molecule has 0 saturated carbocycles. The fourth-order valence-electron chi connectivity index (χ4n) is 2.37. The summed E-state index contributed by atoms with van der Waals surface area (Å²) < 4.78 is 33.2. The maximum atomic E-state index is 11.8. The van der Waals surface area contributed by atoms with Crippen LogP contribution >= 0.6 is 0 Å². The monoisotopic (exact) mass is 316 g/mol. The van der Waals surface area contributed by atoms with Gasteiger partial charge in [0, 0.05) is 18.3 Å². The molecule has 0 spiro atoms. The Bertz CT molecular complexity index is 839. The Morgan fingerprint density at radius 2 is 2.27 bits per heavy atom.